The minimum atomic E-state index is 0. The lowest BCUT2D eigenvalue weighted by molar-refractivity contribution is 0.583. The second kappa shape index (κ2) is 11.1. The molecule has 0 amide bonds. The lowest BCUT2D eigenvalue weighted by atomic mass is 10.1. The van der Waals surface area contributed by atoms with E-state index in [0.717, 1.165) is 13.1 Å². The molecule has 0 aromatic heterocycles. The highest BCUT2D eigenvalue weighted by molar-refractivity contribution is 5.85. The van der Waals surface area contributed by atoms with Crippen LogP contribution in [0.2, 0.25) is 0 Å². The van der Waals surface area contributed by atoms with Crippen molar-refractivity contribution in [2.45, 2.75) is 45.6 Å². The Labute approximate surface area is 125 Å². The fourth-order valence-corrected chi connectivity index (χ4v) is 2.00. The number of benzene rings is 1. The molecule has 0 radical (unpaired) electrons. The van der Waals surface area contributed by atoms with Crippen molar-refractivity contribution in [2.24, 2.45) is 0 Å². The molecule has 0 aliphatic heterocycles. The van der Waals surface area contributed by atoms with Crippen LogP contribution in [-0.2, 0) is 6.54 Å². The number of hydrogen-bond acceptors (Lipinski definition) is 2. The first kappa shape index (κ1) is 18.3. The van der Waals surface area contributed by atoms with Crippen molar-refractivity contribution in [3.05, 3.63) is 29.8 Å². The molecule has 110 valence electrons. The Kier molecular flexibility index (Phi) is 10.7. The molecular weight excluding hydrogens is 256 g/mol. The number of nitrogens with one attached hydrogen (secondary N) is 1. The molecule has 1 N–H and O–H groups in total. The molecule has 0 fully saturated rings. The first-order valence-corrected chi connectivity index (χ1v) is 7.21. The van der Waals surface area contributed by atoms with Gasteiger partial charge in [-0.05, 0) is 30.7 Å². The van der Waals surface area contributed by atoms with Gasteiger partial charge in [0.1, 0.15) is 0 Å². The monoisotopic (exact) mass is 284 g/mol. The Hall–Kier alpha value is -0.730. The van der Waals surface area contributed by atoms with Crippen LogP contribution in [0.5, 0.6) is 0 Å². The number of unbranched alkanes of at least 4 members (excludes halogenated alkanes) is 4. The molecule has 0 unspecified atom stereocenters. The molecule has 0 spiro atoms. The molecule has 3 heteroatoms. The summed E-state index contributed by atoms with van der Waals surface area (Å²) < 4.78 is 0. The van der Waals surface area contributed by atoms with Crippen LogP contribution in [0.4, 0.5) is 5.69 Å². The summed E-state index contributed by atoms with van der Waals surface area (Å²) in [7, 11) is 4.15. The van der Waals surface area contributed by atoms with Gasteiger partial charge in [-0.15, -0.1) is 12.4 Å². The fourth-order valence-electron chi connectivity index (χ4n) is 2.00. The Morgan fingerprint density at radius 1 is 0.947 bits per heavy atom. The number of nitrogens with zero attached hydrogens (tertiary/aromatic N) is 1. The quantitative estimate of drug-likeness (QED) is 0.683. The van der Waals surface area contributed by atoms with Crippen molar-refractivity contribution >= 4 is 18.1 Å². The van der Waals surface area contributed by atoms with E-state index >= 15 is 0 Å². The molecule has 1 rings (SSSR count). The molecular formula is C16H29ClN2. The van der Waals surface area contributed by atoms with Crippen LogP contribution < -0.4 is 10.2 Å². The van der Waals surface area contributed by atoms with Gasteiger partial charge in [-0.3, -0.25) is 0 Å². The smallest absolute Gasteiger partial charge is 0.0361 e. The second-order valence-electron chi connectivity index (χ2n) is 5.15. The molecule has 1 aromatic carbocycles. The predicted octanol–water partition coefficient (Wildman–Crippen LogP) is 4.23. The number of rotatable bonds is 9. The molecule has 0 saturated carbocycles. The molecule has 0 heterocycles. The van der Waals surface area contributed by atoms with Gasteiger partial charge in [0.05, 0.1) is 0 Å². The molecule has 1 aromatic rings. The molecule has 0 atom stereocenters. The third-order valence-electron chi connectivity index (χ3n) is 3.24. The van der Waals surface area contributed by atoms with Crippen LogP contribution >= 0.6 is 12.4 Å². The third-order valence-corrected chi connectivity index (χ3v) is 3.24. The molecule has 0 aliphatic rings. The zero-order valence-corrected chi connectivity index (χ0v) is 13.4. The van der Waals surface area contributed by atoms with Crippen molar-refractivity contribution in [1.82, 2.24) is 5.32 Å². The Balaban J connectivity index is 0.00000324. The minimum absolute atomic E-state index is 0. The van der Waals surface area contributed by atoms with E-state index in [1.807, 2.05) is 0 Å². The van der Waals surface area contributed by atoms with E-state index < -0.39 is 0 Å². The van der Waals surface area contributed by atoms with Gasteiger partial charge in [0, 0.05) is 26.3 Å². The summed E-state index contributed by atoms with van der Waals surface area (Å²) in [5.41, 5.74) is 2.63. The molecule has 0 bridgehead atoms. The summed E-state index contributed by atoms with van der Waals surface area (Å²) in [4.78, 5) is 2.13. The lowest BCUT2D eigenvalue weighted by Gasteiger charge is -2.12. The van der Waals surface area contributed by atoms with Gasteiger partial charge in [0.15, 0.2) is 0 Å². The molecule has 0 aliphatic carbocycles. The van der Waals surface area contributed by atoms with Crippen LogP contribution in [-0.4, -0.2) is 20.6 Å². The maximum atomic E-state index is 3.51. The van der Waals surface area contributed by atoms with Crippen LogP contribution in [0.1, 0.15) is 44.6 Å². The van der Waals surface area contributed by atoms with Gasteiger partial charge >= 0.3 is 0 Å². The van der Waals surface area contributed by atoms with Crippen LogP contribution in [0.25, 0.3) is 0 Å². The zero-order valence-electron chi connectivity index (χ0n) is 12.6. The zero-order chi connectivity index (χ0) is 13.2. The highest BCUT2D eigenvalue weighted by Gasteiger charge is 1.96. The van der Waals surface area contributed by atoms with Crippen molar-refractivity contribution < 1.29 is 0 Å². The average molecular weight is 285 g/mol. The summed E-state index contributed by atoms with van der Waals surface area (Å²) in [6, 6.07) is 8.77. The first-order chi connectivity index (χ1) is 8.74. The van der Waals surface area contributed by atoms with E-state index in [1.54, 1.807) is 0 Å². The van der Waals surface area contributed by atoms with Crippen LogP contribution in [0.3, 0.4) is 0 Å². The summed E-state index contributed by atoms with van der Waals surface area (Å²) in [6.45, 7) is 4.39. The van der Waals surface area contributed by atoms with Crippen molar-refractivity contribution in [3.63, 3.8) is 0 Å². The predicted molar refractivity (Wildman–Crippen MR) is 88.5 cm³/mol. The van der Waals surface area contributed by atoms with Gasteiger partial charge in [-0.2, -0.15) is 0 Å². The van der Waals surface area contributed by atoms with Gasteiger partial charge < -0.3 is 10.2 Å². The largest absolute Gasteiger partial charge is 0.378 e. The maximum absolute atomic E-state index is 3.51. The van der Waals surface area contributed by atoms with E-state index in [0.29, 0.717) is 0 Å². The summed E-state index contributed by atoms with van der Waals surface area (Å²) in [5.74, 6) is 0. The van der Waals surface area contributed by atoms with E-state index in [-0.39, 0.29) is 12.4 Å². The van der Waals surface area contributed by atoms with Gasteiger partial charge in [-0.1, -0.05) is 44.7 Å². The topological polar surface area (TPSA) is 15.3 Å². The minimum Gasteiger partial charge on any atom is -0.378 e. The maximum Gasteiger partial charge on any atom is 0.0361 e. The fraction of sp³-hybridized carbons (Fsp3) is 0.625. The molecule has 2 nitrogen and oxygen atoms in total. The van der Waals surface area contributed by atoms with Gasteiger partial charge in [0.25, 0.3) is 0 Å². The van der Waals surface area contributed by atoms with Gasteiger partial charge in [-0.25, -0.2) is 0 Å². The van der Waals surface area contributed by atoms with Crippen molar-refractivity contribution in [1.29, 1.82) is 0 Å². The third kappa shape index (κ3) is 8.12. The van der Waals surface area contributed by atoms with Gasteiger partial charge in [0.2, 0.25) is 0 Å². The van der Waals surface area contributed by atoms with E-state index in [4.69, 9.17) is 0 Å². The van der Waals surface area contributed by atoms with E-state index in [2.05, 4.69) is 55.5 Å². The Morgan fingerprint density at radius 3 is 2.16 bits per heavy atom. The first-order valence-electron chi connectivity index (χ1n) is 7.21. The van der Waals surface area contributed by atoms with Crippen LogP contribution in [0.15, 0.2) is 24.3 Å². The standard InChI is InChI=1S/C16H28N2.ClH/c1-4-5-6-7-8-13-17-14-15-9-11-16(12-10-15)18(2)3;/h9-12,17H,4-8,13-14H2,1-3H3;1H. The van der Waals surface area contributed by atoms with E-state index in [1.165, 1.54) is 43.4 Å². The number of halogens is 1. The summed E-state index contributed by atoms with van der Waals surface area (Å²) >= 11 is 0. The lowest BCUT2D eigenvalue weighted by Crippen LogP contribution is -2.15. The molecule has 0 saturated heterocycles. The average Bonchev–Trinajstić information content (AvgIpc) is 2.38. The number of hydrogen-bond donors (Lipinski definition) is 1. The highest BCUT2D eigenvalue weighted by Crippen LogP contribution is 2.12. The highest BCUT2D eigenvalue weighted by atomic mass is 35.5. The second-order valence-corrected chi connectivity index (χ2v) is 5.15. The summed E-state index contributed by atoms with van der Waals surface area (Å²) in [5, 5.41) is 3.51. The Bertz CT molecular complexity index is 309. The summed E-state index contributed by atoms with van der Waals surface area (Å²) in [6.07, 6.45) is 6.75. The van der Waals surface area contributed by atoms with Crippen molar-refractivity contribution in [3.8, 4) is 0 Å². The van der Waals surface area contributed by atoms with E-state index in [9.17, 15) is 0 Å². The normalized spacial score (nSPS) is 10.1. The number of anilines is 1. The molecule has 19 heavy (non-hydrogen) atoms. The SMILES string of the molecule is CCCCCCCNCc1ccc(N(C)C)cc1.Cl. The van der Waals surface area contributed by atoms with Crippen LogP contribution in [0, 0.1) is 0 Å². The van der Waals surface area contributed by atoms with Crippen molar-refractivity contribution in [2.75, 3.05) is 25.5 Å². The Morgan fingerprint density at radius 2 is 1.58 bits per heavy atom.